The van der Waals surface area contributed by atoms with Crippen LogP contribution in [0.25, 0.3) is 0 Å². The summed E-state index contributed by atoms with van der Waals surface area (Å²) in [7, 11) is 0. The molecular formula is C14H17N3O4. The molecule has 0 aliphatic heterocycles. The van der Waals surface area contributed by atoms with Crippen LogP contribution in [0.5, 0.6) is 0 Å². The molecule has 7 heteroatoms. The average Bonchev–Trinajstić information content (AvgIpc) is 2.38. The van der Waals surface area contributed by atoms with Crippen LogP contribution in [0.2, 0.25) is 0 Å². The lowest BCUT2D eigenvalue weighted by atomic mass is 10.1. The van der Waals surface area contributed by atoms with Gasteiger partial charge in [-0.25, -0.2) is 10.2 Å². The summed E-state index contributed by atoms with van der Waals surface area (Å²) >= 11 is 0. The Bertz CT molecular complexity index is 550. The minimum Gasteiger partial charge on any atom is -0.478 e. The normalized spacial score (nSPS) is 10.6. The van der Waals surface area contributed by atoms with Crippen molar-refractivity contribution in [1.82, 2.24) is 10.7 Å². The smallest absolute Gasteiger partial charge is 0.335 e. The van der Waals surface area contributed by atoms with Gasteiger partial charge in [-0.2, -0.15) is 5.10 Å². The molecule has 2 amide bonds. The molecule has 0 saturated carbocycles. The SMILES string of the molecule is CC(C)NC(=O)CC(=O)N/N=C\c1ccc(C(=O)O)cc1. The molecule has 0 spiro atoms. The van der Waals surface area contributed by atoms with Gasteiger partial charge in [0.15, 0.2) is 0 Å². The molecule has 1 rings (SSSR count). The van der Waals surface area contributed by atoms with E-state index in [0.717, 1.165) is 0 Å². The maximum Gasteiger partial charge on any atom is 0.335 e. The van der Waals surface area contributed by atoms with E-state index in [9.17, 15) is 14.4 Å². The van der Waals surface area contributed by atoms with Crippen LogP contribution in [0, 0.1) is 0 Å². The molecule has 0 fully saturated rings. The predicted molar refractivity (Wildman–Crippen MR) is 77.0 cm³/mol. The molecule has 0 aliphatic rings. The molecule has 3 N–H and O–H groups in total. The van der Waals surface area contributed by atoms with Gasteiger partial charge in [0.25, 0.3) is 0 Å². The second-order valence-electron chi connectivity index (χ2n) is 4.62. The number of aromatic carboxylic acids is 1. The monoisotopic (exact) mass is 291 g/mol. The Morgan fingerprint density at radius 3 is 2.33 bits per heavy atom. The zero-order chi connectivity index (χ0) is 15.8. The van der Waals surface area contributed by atoms with Gasteiger partial charge in [0.1, 0.15) is 6.42 Å². The number of carbonyl (C=O) groups excluding carboxylic acids is 2. The van der Waals surface area contributed by atoms with Gasteiger partial charge in [-0.3, -0.25) is 9.59 Å². The Morgan fingerprint density at radius 2 is 1.81 bits per heavy atom. The molecule has 0 radical (unpaired) electrons. The lowest BCUT2D eigenvalue weighted by molar-refractivity contribution is -0.129. The highest BCUT2D eigenvalue weighted by atomic mass is 16.4. The number of carbonyl (C=O) groups is 3. The summed E-state index contributed by atoms with van der Waals surface area (Å²) in [5, 5.41) is 15.0. The number of nitrogens with one attached hydrogen (secondary N) is 2. The van der Waals surface area contributed by atoms with E-state index in [1.807, 2.05) is 0 Å². The van der Waals surface area contributed by atoms with Gasteiger partial charge < -0.3 is 10.4 Å². The standard InChI is InChI=1S/C14H17N3O4/c1-9(2)16-12(18)7-13(19)17-15-8-10-3-5-11(6-4-10)14(20)21/h3-6,8-9H,7H2,1-2H3,(H,16,18)(H,17,19)(H,20,21)/b15-8-. The predicted octanol–water partition coefficient (Wildman–Crippen LogP) is 0.750. The quantitative estimate of drug-likeness (QED) is 0.408. The van der Waals surface area contributed by atoms with Crippen molar-refractivity contribution in [2.24, 2.45) is 5.10 Å². The molecule has 0 bridgehead atoms. The first-order chi connectivity index (χ1) is 9.88. The molecule has 0 unspecified atom stereocenters. The molecule has 21 heavy (non-hydrogen) atoms. The molecular weight excluding hydrogens is 274 g/mol. The molecule has 1 aromatic carbocycles. The second-order valence-corrected chi connectivity index (χ2v) is 4.62. The van der Waals surface area contributed by atoms with Crippen LogP contribution in [-0.4, -0.2) is 35.1 Å². The van der Waals surface area contributed by atoms with E-state index in [-0.39, 0.29) is 23.9 Å². The van der Waals surface area contributed by atoms with Crippen molar-refractivity contribution in [1.29, 1.82) is 0 Å². The highest BCUT2D eigenvalue weighted by Crippen LogP contribution is 2.02. The lowest BCUT2D eigenvalue weighted by Gasteiger charge is -2.06. The number of carboxylic acid groups (broad SMARTS) is 1. The molecule has 112 valence electrons. The number of hydrogen-bond donors (Lipinski definition) is 3. The van der Waals surface area contributed by atoms with Crippen LogP contribution in [0.1, 0.15) is 36.2 Å². The van der Waals surface area contributed by atoms with Crippen LogP contribution >= 0.6 is 0 Å². The topological polar surface area (TPSA) is 108 Å². The Hall–Kier alpha value is -2.70. The first-order valence-electron chi connectivity index (χ1n) is 6.33. The fourth-order valence-electron chi connectivity index (χ4n) is 1.45. The summed E-state index contributed by atoms with van der Waals surface area (Å²) in [5.41, 5.74) is 3.03. The van der Waals surface area contributed by atoms with Gasteiger partial charge in [0.2, 0.25) is 11.8 Å². The molecule has 0 atom stereocenters. The first kappa shape index (κ1) is 16.4. The van der Waals surface area contributed by atoms with Gasteiger partial charge in [-0.05, 0) is 31.5 Å². The first-order valence-corrected chi connectivity index (χ1v) is 6.33. The van der Waals surface area contributed by atoms with E-state index in [4.69, 9.17) is 5.11 Å². The fourth-order valence-corrected chi connectivity index (χ4v) is 1.45. The van der Waals surface area contributed by atoms with Gasteiger partial charge in [-0.1, -0.05) is 12.1 Å². The van der Waals surface area contributed by atoms with Crippen molar-refractivity contribution in [3.8, 4) is 0 Å². The zero-order valence-electron chi connectivity index (χ0n) is 11.8. The van der Waals surface area contributed by atoms with Gasteiger partial charge in [-0.15, -0.1) is 0 Å². The summed E-state index contributed by atoms with van der Waals surface area (Å²) in [6, 6.07) is 5.96. The van der Waals surface area contributed by atoms with Crippen molar-refractivity contribution in [2.75, 3.05) is 0 Å². The molecule has 0 aliphatic carbocycles. The Kier molecular flexibility index (Phi) is 6.06. The van der Waals surface area contributed by atoms with Crippen molar-refractivity contribution in [2.45, 2.75) is 26.3 Å². The molecule has 7 nitrogen and oxygen atoms in total. The third-order valence-electron chi connectivity index (χ3n) is 2.33. The molecule has 1 aromatic rings. The number of benzene rings is 1. The minimum atomic E-state index is -1.01. The van der Waals surface area contributed by atoms with E-state index in [2.05, 4.69) is 15.8 Å². The lowest BCUT2D eigenvalue weighted by Crippen LogP contribution is -2.34. The zero-order valence-corrected chi connectivity index (χ0v) is 11.8. The number of carboxylic acids is 1. The summed E-state index contributed by atoms with van der Waals surface area (Å²) in [6.07, 6.45) is 1.07. The van der Waals surface area contributed by atoms with Crippen molar-refractivity contribution in [3.05, 3.63) is 35.4 Å². The average molecular weight is 291 g/mol. The van der Waals surface area contributed by atoms with Crippen LogP contribution < -0.4 is 10.7 Å². The summed E-state index contributed by atoms with van der Waals surface area (Å²) in [6.45, 7) is 3.60. The van der Waals surface area contributed by atoms with E-state index >= 15 is 0 Å². The van der Waals surface area contributed by atoms with Crippen molar-refractivity contribution < 1.29 is 19.5 Å². The highest BCUT2D eigenvalue weighted by molar-refractivity contribution is 5.97. The summed E-state index contributed by atoms with van der Waals surface area (Å²) in [4.78, 5) is 33.4. The van der Waals surface area contributed by atoms with Crippen LogP contribution in [-0.2, 0) is 9.59 Å². The molecule has 0 aromatic heterocycles. The maximum absolute atomic E-state index is 11.4. The number of hydrazone groups is 1. The van der Waals surface area contributed by atoms with Gasteiger partial charge in [0, 0.05) is 6.04 Å². The summed E-state index contributed by atoms with van der Waals surface area (Å²) < 4.78 is 0. The maximum atomic E-state index is 11.4. The van der Waals surface area contributed by atoms with E-state index in [1.54, 1.807) is 26.0 Å². The number of rotatable bonds is 6. The highest BCUT2D eigenvalue weighted by Gasteiger charge is 2.09. The minimum absolute atomic E-state index is 0.0263. The number of amides is 2. The van der Waals surface area contributed by atoms with E-state index in [1.165, 1.54) is 18.3 Å². The van der Waals surface area contributed by atoms with Crippen LogP contribution in [0.3, 0.4) is 0 Å². The molecule has 0 heterocycles. The van der Waals surface area contributed by atoms with Gasteiger partial charge >= 0.3 is 5.97 Å². The number of nitrogens with zero attached hydrogens (tertiary/aromatic N) is 1. The van der Waals surface area contributed by atoms with Crippen LogP contribution in [0.4, 0.5) is 0 Å². The van der Waals surface area contributed by atoms with Crippen LogP contribution in [0.15, 0.2) is 29.4 Å². The Balaban J connectivity index is 2.45. The fraction of sp³-hybridized carbons (Fsp3) is 0.286. The van der Waals surface area contributed by atoms with Gasteiger partial charge in [0.05, 0.1) is 11.8 Å². The van der Waals surface area contributed by atoms with Crippen molar-refractivity contribution >= 4 is 24.0 Å². The Labute approximate surface area is 122 Å². The van der Waals surface area contributed by atoms with E-state index in [0.29, 0.717) is 5.56 Å². The third-order valence-corrected chi connectivity index (χ3v) is 2.33. The van der Waals surface area contributed by atoms with Crippen molar-refractivity contribution in [3.63, 3.8) is 0 Å². The summed E-state index contributed by atoms with van der Waals surface area (Å²) in [5.74, 6) is -1.90. The van der Waals surface area contributed by atoms with E-state index < -0.39 is 11.9 Å². The number of hydrogen-bond acceptors (Lipinski definition) is 4. The molecule has 0 saturated heterocycles. The Morgan fingerprint density at radius 1 is 1.19 bits per heavy atom. The second kappa shape index (κ2) is 7.78. The largest absolute Gasteiger partial charge is 0.478 e. The third kappa shape index (κ3) is 6.33.